The number of carbonyl (C=O) groups is 1. The van der Waals surface area contributed by atoms with Crippen molar-refractivity contribution in [2.24, 2.45) is 5.92 Å². The summed E-state index contributed by atoms with van der Waals surface area (Å²) in [5.41, 5.74) is 1.29. The van der Waals surface area contributed by atoms with Crippen LogP contribution in [0.2, 0.25) is 10.0 Å². The second kappa shape index (κ2) is 6.03. The minimum Gasteiger partial charge on any atom is -0.360 e. The van der Waals surface area contributed by atoms with Crippen molar-refractivity contribution in [1.29, 1.82) is 0 Å². The average Bonchev–Trinajstić information content (AvgIpc) is 3.28. The van der Waals surface area contributed by atoms with Crippen LogP contribution in [0.3, 0.4) is 0 Å². The molecule has 0 saturated heterocycles. The van der Waals surface area contributed by atoms with Gasteiger partial charge in [0.05, 0.1) is 33.8 Å². The van der Waals surface area contributed by atoms with Gasteiger partial charge in [0.25, 0.3) is 0 Å². The highest BCUT2D eigenvalue weighted by Gasteiger charge is 2.21. The summed E-state index contributed by atoms with van der Waals surface area (Å²) in [5.74, 6) is 1.15. The number of nitrogens with one attached hydrogen (secondary N) is 2. The smallest absolute Gasteiger partial charge is 0.239 e. The number of fused-ring (bicyclic) bond motifs is 1. The monoisotopic (exact) mass is 324 g/mol. The summed E-state index contributed by atoms with van der Waals surface area (Å²) in [4.78, 5) is 20.3. The van der Waals surface area contributed by atoms with Gasteiger partial charge in [0.1, 0.15) is 5.82 Å². The normalized spacial score (nSPS) is 14.2. The maximum Gasteiger partial charge on any atom is 0.239 e. The molecule has 1 saturated carbocycles. The van der Waals surface area contributed by atoms with Crippen LogP contribution in [0, 0.1) is 5.92 Å². The highest BCUT2D eigenvalue weighted by molar-refractivity contribution is 6.42. The fourth-order valence-electron chi connectivity index (χ4n) is 1.91. The molecule has 110 valence electrons. The van der Waals surface area contributed by atoms with E-state index < -0.39 is 0 Å². The molecule has 0 bridgehead atoms. The molecule has 1 fully saturated rings. The molecule has 0 aliphatic heterocycles. The number of nitrogens with zero attached hydrogens (tertiary/aromatic N) is 2. The molecule has 7 heteroatoms. The molecule has 1 aromatic heterocycles. The molecule has 2 N–H and O–H groups in total. The van der Waals surface area contributed by atoms with E-state index in [1.165, 1.54) is 12.8 Å². The molecular weight excluding hydrogens is 311 g/mol. The number of halogens is 2. The lowest BCUT2D eigenvalue weighted by molar-refractivity contribution is -0.119. The largest absolute Gasteiger partial charge is 0.360 e. The molecule has 5 nitrogen and oxygen atoms in total. The molecule has 1 aliphatic rings. The standard InChI is InChI=1S/C14H14Cl2N4O/c15-9-3-11-12(4-10(9)16)20-13(6-17-11)18-7-14(21)19-5-8-1-2-8/h3-4,6,8H,1-2,5,7H2,(H,18,20)(H,19,21). The van der Waals surface area contributed by atoms with E-state index in [9.17, 15) is 4.79 Å². The first-order valence-corrected chi connectivity index (χ1v) is 7.50. The lowest BCUT2D eigenvalue weighted by atomic mass is 10.3. The van der Waals surface area contributed by atoms with Crippen molar-refractivity contribution in [3.63, 3.8) is 0 Å². The van der Waals surface area contributed by atoms with Gasteiger partial charge in [-0.2, -0.15) is 0 Å². The number of rotatable bonds is 5. The zero-order chi connectivity index (χ0) is 14.8. The summed E-state index contributed by atoms with van der Waals surface area (Å²) in [6.07, 6.45) is 4.00. The second-order valence-electron chi connectivity index (χ2n) is 5.11. The Labute approximate surface area is 132 Å². The number of amides is 1. The van der Waals surface area contributed by atoms with E-state index in [1.54, 1.807) is 18.3 Å². The van der Waals surface area contributed by atoms with Crippen molar-refractivity contribution in [2.75, 3.05) is 18.4 Å². The third-order valence-corrected chi connectivity index (χ3v) is 4.02. The van der Waals surface area contributed by atoms with Gasteiger partial charge in [-0.25, -0.2) is 4.98 Å². The topological polar surface area (TPSA) is 66.9 Å². The van der Waals surface area contributed by atoms with Crippen molar-refractivity contribution >= 4 is 46.0 Å². The molecule has 2 aromatic rings. The van der Waals surface area contributed by atoms with Gasteiger partial charge in [0.15, 0.2) is 0 Å². The van der Waals surface area contributed by atoms with Crippen LogP contribution in [0.4, 0.5) is 5.82 Å². The molecule has 1 aromatic carbocycles. The highest BCUT2D eigenvalue weighted by atomic mass is 35.5. The number of carbonyl (C=O) groups excluding carboxylic acids is 1. The summed E-state index contributed by atoms with van der Waals surface area (Å²) in [6, 6.07) is 3.32. The van der Waals surface area contributed by atoms with Crippen LogP contribution < -0.4 is 10.6 Å². The SMILES string of the molecule is O=C(CNc1cnc2cc(Cl)c(Cl)cc2n1)NCC1CC1. The lowest BCUT2D eigenvalue weighted by Crippen LogP contribution is -2.31. The quantitative estimate of drug-likeness (QED) is 0.887. The Balaban J connectivity index is 1.63. The van der Waals surface area contributed by atoms with Crippen LogP contribution in [0.1, 0.15) is 12.8 Å². The molecule has 21 heavy (non-hydrogen) atoms. The summed E-state index contributed by atoms with van der Waals surface area (Å²) < 4.78 is 0. The van der Waals surface area contributed by atoms with Crippen LogP contribution in [0.15, 0.2) is 18.3 Å². The molecule has 0 spiro atoms. The van der Waals surface area contributed by atoms with E-state index in [0.717, 1.165) is 6.54 Å². The van der Waals surface area contributed by atoms with Gasteiger partial charge < -0.3 is 10.6 Å². The van der Waals surface area contributed by atoms with Crippen LogP contribution in [-0.2, 0) is 4.79 Å². The first kappa shape index (κ1) is 14.4. The van der Waals surface area contributed by atoms with Crippen molar-refractivity contribution in [2.45, 2.75) is 12.8 Å². The number of aromatic nitrogens is 2. The summed E-state index contributed by atoms with van der Waals surface area (Å²) in [5, 5.41) is 6.71. The third-order valence-electron chi connectivity index (χ3n) is 3.30. The number of hydrogen-bond donors (Lipinski definition) is 2. The van der Waals surface area contributed by atoms with Gasteiger partial charge in [-0.1, -0.05) is 23.2 Å². The fourth-order valence-corrected chi connectivity index (χ4v) is 2.22. The molecular formula is C14H14Cl2N4O. The van der Waals surface area contributed by atoms with Crippen LogP contribution >= 0.6 is 23.2 Å². The lowest BCUT2D eigenvalue weighted by Gasteiger charge is -2.07. The van der Waals surface area contributed by atoms with E-state index in [4.69, 9.17) is 23.2 Å². The van der Waals surface area contributed by atoms with Crippen molar-refractivity contribution < 1.29 is 4.79 Å². The van der Waals surface area contributed by atoms with E-state index >= 15 is 0 Å². The Morgan fingerprint density at radius 1 is 1.24 bits per heavy atom. The van der Waals surface area contributed by atoms with E-state index in [2.05, 4.69) is 20.6 Å². The zero-order valence-corrected chi connectivity index (χ0v) is 12.7. The van der Waals surface area contributed by atoms with Crippen LogP contribution in [-0.4, -0.2) is 29.0 Å². The van der Waals surface area contributed by atoms with Crippen molar-refractivity contribution in [1.82, 2.24) is 15.3 Å². The predicted octanol–water partition coefficient (Wildman–Crippen LogP) is 2.87. The molecule has 0 radical (unpaired) electrons. The first-order valence-electron chi connectivity index (χ1n) is 6.74. The molecule has 1 heterocycles. The molecule has 3 rings (SSSR count). The molecule has 1 aliphatic carbocycles. The maximum absolute atomic E-state index is 11.7. The van der Waals surface area contributed by atoms with Gasteiger partial charge in [-0.15, -0.1) is 0 Å². The Morgan fingerprint density at radius 2 is 1.95 bits per heavy atom. The summed E-state index contributed by atoms with van der Waals surface area (Å²) in [6.45, 7) is 0.937. The maximum atomic E-state index is 11.7. The second-order valence-corrected chi connectivity index (χ2v) is 5.93. The predicted molar refractivity (Wildman–Crippen MR) is 83.8 cm³/mol. The van der Waals surface area contributed by atoms with Crippen molar-refractivity contribution in [3.8, 4) is 0 Å². The molecule has 0 atom stereocenters. The first-order chi connectivity index (χ1) is 10.1. The van der Waals surface area contributed by atoms with E-state index in [1.807, 2.05) is 0 Å². The summed E-state index contributed by atoms with van der Waals surface area (Å²) >= 11 is 11.9. The summed E-state index contributed by atoms with van der Waals surface area (Å²) in [7, 11) is 0. The fraction of sp³-hybridized carbons (Fsp3) is 0.357. The van der Waals surface area contributed by atoms with Crippen LogP contribution in [0.5, 0.6) is 0 Å². The Kier molecular flexibility index (Phi) is 4.12. The molecule has 1 amide bonds. The Bertz CT molecular complexity index is 688. The van der Waals surface area contributed by atoms with Gasteiger partial charge in [0.2, 0.25) is 5.91 Å². The van der Waals surface area contributed by atoms with Gasteiger partial charge in [0, 0.05) is 6.54 Å². The van der Waals surface area contributed by atoms with E-state index in [0.29, 0.717) is 32.8 Å². The Morgan fingerprint density at radius 3 is 2.67 bits per heavy atom. The van der Waals surface area contributed by atoms with Gasteiger partial charge in [-0.3, -0.25) is 9.78 Å². The Hall–Kier alpha value is -1.59. The van der Waals surface area contributed by atoms with Crippen LogP contribution in [0.25, 0.3) is 11.0 Å². The number of benzene rings is 1. The number of anilines is 1. The van der Waals surface area contributed by atoms with Gasteiger partial charge >= 0.3 is 0 Å². The minimum atomic E-state index is -0.0436. The van der Waals surface area contributed by atoms with Crippen molar-refractivity contribution in [3.05, 3.63) is 28.4 Å². The minimum absolute atomic E-state index is 0.0436. The zero-order valence-electron chi connectivity index (χ0n) is 11.2. The third kappa shape index (κ3) is 3.74. The van der Waals surface area contributed by atoms with E-state index in [-0.39, 0.29) is 12.5 Å². The molecule has 0 unspecified atom stereocenters. The average molecular weight is 325 g/mol. The van der Waals surface area contributed by atoms with Gasteiger partial charge in [-0.05, 0) is 30.9 Å². The number of hydrogen-bond acceptors (Lipinski definition) is 4. The highest BCUT2D eigenvalue weighted by Crippen LogP contribution is 2.27.